The monoisotopic (exact) mass is 196 g/mol. The van der Waals surface area contributed by atoms with Crippen molar-refractivity contribution >= 4 is 59.4 Å². The molecule has 0 N–H and O–H groups in total. The smallest absolute Gasteiger partial charge is 0 e. The number of hydrogen-bond donors (Lipinski definition) is 0. The fourth-order valence-corrected chi connectivity index (χ4v) is 0. The summed E-state index contributed by atoms with van der Waals surface area (Å²) in [6, 6.07) is 0. The molecule has 0 aliphatic carbocycles. The molecule has 5 heavy (non-hydrogen) atoms. The first-order chi connectivity index (χ1) is 0. The summed E-state index contributed by atoms with van der Waals surface area (Å²) in [6.07, 6.45) is 0. The summed E-state index contributed by atoms with van der Waals surface area (Å²) in [5, 5.41) is 0. The third-order valence-corrected chi connectivity index (χ3v) is 0. The van der Waals surface area contributed by atoms with E-state index in [1.807, 2.05) is 0 Å². The van der Waals surface area contributed by atoms with Crippen molar-refractivity contribution < 1.29 is 47.9 Å². The van der Waals surface area contributed by atoms with Crippen LogP contribution in [0.5, 0.6) is 0 Å². The van der Waals surface area contributed by atoms with E-state index in [9.17, 15) is 0 Å². The van der Waals surface area contributed by atoms with E-state index in [0.29, 0.717) is 0 Å². The standard InChI is InChI=1S/Li.Na.Si.Ti.Zr. The Balaban J connectivity index is 0. The van der Waals surface area contributed by atoms with Gasteiger partial charge in [-0.2, -0.15) is 0 Å². The fraction of sp³-hybridized carbons (Fsp3) is 0. The Hall–Kier alpha value is 3.41. The van der Waals surface area contributed by atoms with Gasteiger partial charge in [-0.05, 0) is 0 Å². The van der Waals surface area contributed by atoms with Gasteiger partial charge >= 0.3 is 0 Å². The van der Waals surface area contributed by atoms with Crippen LogP contribution in [0.3, 0.4) is 0 Å². The predicted octanol–water partition coefficient (Wildman–Crippen LogP) is -1.15. The summed E-state index contributed by atoms with van der Waals surface area (Å²) in [7, 11) is 0. The largest absolute Gasteiger partial charge is 0 e. The summed E-state index contributed by atoms with van der Waals surface area (Å²) in [5.41, 5.74) is 0. The van der Waals surface area contributed by atoms with E-state index >= 15 is 0 Å². The first-order valence-electron chi connectivity index (χ1n) is 0. The molecule has 0 heterocycles. The Morgan fingerprint density at radius 1 is 1.00 bits per heavy atom. The molecule has 0 unspecified atom stereocenters. The van der Waals surface area contributed by atoms with Crippen LogP contribution in [0.4, 0.5) is 0 Å². The van der Waals surface area contributed by atoms with E-state index < -0.39 is 0 Å². The molecule has 0 aliphatic heterocycles. The van der Waals surface area contributed by atoms with Crippen LogP contribution >= 0.6 is 0 Å². The van der Waals surface area contributed by atoms with Gasteiger partial charge in [-0.15, -0.1) is 0 Å². The molecule has 0 aromatic rings. The van der Waals surface area contributed by atoms with Crippen LogP contribution in [0.15, 0.2) is 0 Å². The summed E-state index contributed by atoms with van der Waals surface area (Å²) in [4.78, 5) is 0. The van der Waals surface area contributed by atoms with Crippen LogP contribution in [0.2, 0.25) is 0 Å². The number of hydrogen-bond acceptors (Lipinski definition) is 0. The van der Waals surface area contributed by atoms with Gasteiger partial charge < -0.3 is 0 Å². The summed E-state index contributed by atoms with van der Waals surface area (Å²) in [6.45, 7) is 0. The summed E-state index contributed by atoms with van der Waals surface area (Å²) in [5.74, 6) is 0. The quantitative estimate of drug-likeness (QED) is 0.430. The maximum absolute atomic E-state index is 0. The first-order valence-corrected chi connectivity index (χ1v) is 0. The molecule has 0 aliphatic rings. The van der Waals surface area contributed by atoms with Crippen LogP contribution < -0.4 is 0 Å². The maximum Gasteiger partial charge on any atom is 0 e. The minimum absolute atomic E-state index is 0. The van der Waals surface area contributed by atoms with Crippen LogP contribution in [0.1, 0.15) is 0 Å². The Kier molecular flexibility index (Phi) is 208. The van der Waals surface area contributed by atoms with E-state index in [1.165, 1.54) is 0 Å². The molecule has 0 saturated heterocycles. The van der Waals surface area contributed by atoms with Crippen molar-refractivity contribution in [1.82, 2.24) is 0 Å². The molecule has 14 valence electrons. The molecule has 0 aromatic carbocycles. The molecule has 0 nitrogen and oxygen atoms in total. The van der Waals surface area contributed by atoms with E-state index in [-0.39, 0.29) is 107 Å². The van der Waals surface area contributed by atoms with Crippen molar-refractivity contribution in [1.29, 1.82) is 0 Å². The zero-order chi connectivity index (χ0) is 0. The van der Waals surface area contributed by atoms with Gasteiger partial charge in [0, 0.05) is 107 Å². The van der Waals surface area contributed by atoms with Crippen LogP contribution in [0, 0.1) is 0 Å². The zero-order valence-corrected chi connectivity index (χ0v) is 10.5. The van der Waals surface area contributed by atoms with Gasteiger partial charge in [-0.1, -0.05) is 0 Å². The molecule has 0 rings (SSSR count). The molecular formula is LiNaSiTiZr. The molecule has 0 bridgehead atoms. The second kappa shape index (κ2) is 26.2. The molecule has 0 amide bonds. The minimum Gasteiger partial charge on any atom is 0 e. The summed E-state index contributed by atoms with van der Waals surface area (Å²) >= 11 is 0. The molecule has 0 fully saturated rings. The average Bonchev–Trinajstić information content (AvgIpc) is 0. The van der Waals surface area contributed by atoms with Gasteiger partial charge in [0.25, 0.3) is 0 Å². The van der Waals surface area contributed by atoms with Crippen molar-refractivity contribution in [3.05, 3.63) is 0 Å². The summed E-state index contributed by atoms with van der Waals surface area (Å²) < 4.78 is 0. The Morgan fingerprint density at radius 3 is 1.00 bits per heavy atom. The zero-order valence-electron chi connectivity index (χ0n) is 3.50. The second-order valence-electron chi connectivity index (χ2n) is 0. The van der Waals surface area contributed by atoms with E-state index in [1.54, 1.807) is 0 Å². The average molecular weight is 197 g/mol. The fourth-order valence-electron chi connectivity index (χ4n) is 0. The van der Waals surface area contributed by atoms with E-state index in [2.05, 4.69) is 0 Å². The third kappa shape index (κ3) is 18.6. The van der Waals surface area contributed by atoms with Crippen LogP contribution in [-0.2, 0) is 47.9 Å². The number of rotatable bonds is 0. The van der Waals surface area contributed by atoms with Crippen molar-refractivity contribution in [3.63, 3.8) is 0 Å². The first kappa shape index (κ1) is 39.7. The second-order valence-corrected chi connectivity index (χ2v) is 0. The molecule has 0 saturated carbocycles. The topological polar surface area (TPSA) is 0 Å². The maximum atomic E-state index is 0. The predicted molar refractivity (Wildman–Crippen MR) is 17.3 cm³/mol. The van der Waals surface area contributed by atoms with Crippen molar-refractivity contribution in [2.75, 3.05) is 0 Å². The van der Waals surface area contributed by atoms with Gasteiger partial charge in [0.05, 0.1) is 0 Å². The van der Waals surface area contributed by atoms with Crippen molar-refractivity contribution in [2.24, 2.45) is 0 Å². The molecule has 0 atom stereocenters. The van der Waals surface area contributed by atoms with Crippen LogP contribution in [-0.4, -0.2) is 59.4 Å². The van der Waals surface area contributed by atoms with Gasteiger partial charge in [-0.3, -0.25) is 0 Å². The van der Waals surface area contributed by atoms with E-state index in [0.717, 1.165) is 0 Å². The Bertz CT molecular complexity index is 11.6. The Labute approximate surface area is 105 Å². The minimum atomic E-state index is 0. The van der Waals surface area contributed by atoms with Gasteiger partial charge in [0.15, 0.2) is 0 Å². The SMILES string of the molecule is [Li].[Na].[Si].[Ti].[Zr]. The van der Waals surface area contributed by atoms with Gasteiger partial charge in [0.1, 0.15) is 0 Å². The molecule has 0 spiro atoms. The van der Waals surface area contributed by atoms with Gasteiger partial charge in [-0.25, -0.2) is 0 Å². The third-order valence-electron chi connectivity index (χ3n) is 0. The molecule has 6 radical (unpaired) electrons. The van der Waals surface area contributed by atoms with E-state index in [4.69, 9.17) is 0 Å². The normalized spacial score (nSPS) is 0. The molecule has 0 aromatic heterocycles. The molecule has 5 heteroatoms. The molecular weight excluding hydrogens is 197 g/mol. The van der Waals surface area contributed by atoms with Crippen LogP contribution in [0.25, 0.3) is 0 Å². The van der Waals surface area contributed by atoms with Crippen molar-refractivity contribution in [2.45, 2.75) is 0 Å². The Morgan fingerprint density at radius 2 is 1.00 bits per heavy atom. The van der Waals surface area contributed by atoms with Gasteiger partial charge in [0.2, 0.25) is 0 Å². The van der Waals surface area contributed by atoms with Crippen molar-refractivity contribution in [3.8, 4) is 0 Å².